The summed E-state index contributed by atoms with van der Waals surface area (Å²) in [5, 5.41) is 0.537. The van der Waals surface area contributed by atoms with E-state index in [2.05, 4.69) is 4.90 Å². The molecule has 2 aromatic carbocycles. The molecule has 0 atom stereocenters. The minimum Gasteiger partial charge on any atom is -0.488 e. The lowest BCUT2D eigenvalue weighted by Gasteiger charge is -2.17. The molecule has 5 heteroatoms. The van der Waals surface area contributed by atoms with Gasteiger partial charge >= 0.3 is 0 Å². The molecule has 0 aromatic heterocycles. The van der Waals surface area contributed by atoms with Gasteiger partial charge in [0.15, 0.2) is 11.6 Å². The Bertz CT molecular complexity index is 659. The predicted molar refractivity (Wildman–Crippen MR) is 89.1 cm³/mol. The maximum absolute atomic E-state index is 14.1. The molecule has 0 spiro atoms. The van der Waals surface area contributed by atoms with Crippen molar-refractivity contribution < 1.29 is 13.9 Å². The lowest BCUT2D eigenvalue weighted by molar-refractivity contribution is 0.231. The fourth-order valence-electron chi connectivity index (χ4n) is 2.64. The Morgan fingerprint density at radius 3 is 2.65 bits per heavy atom. The zero-order chi connectivity index (χ0) is 16.1. The van der Waals surface area contributed by atoms with Gasteiger partial charge < -0.3 is 9.47 Å². The van der Waals surface area contributed by atoms with E-state index in [1.165, 1.54) is 18.9 Å². The van der Waals surface area contributed by atoms with Crippen LogP contribution in [0.5, 0.6) is 17.2 Å². The highest BCUT2D eigenvalue weighted by Gasteiger charge is 2.15. The van der Waals surface area contributed by atoms with Gasteiger partial charge in [-0.15, -0.1) is 0 Å². The van der Waals surface area contributed by atoms with Gasteiger partial charge in [0.25, 0.3) is 0 Å². The van der Waals surface area contributed by atoms with Gasteiger partial charge in [-0.2, -0.15) is 0 Å². The standard InChI is InChI=1S/C18H19ClFNO2/c19-14-5-3-6-15(13-14)23-18-16(20)7-4-8-17(18)22-12-11-21-9-1-2-10-21/h3-8,13H,1-2,9-12H2. The summed E-state index contributed by atoms with van der Waals surface area (Å²) in [6, 6.07) is 11.6. The highest BCUT2D eigenvalue weighted by molar-refractivity contribution is 6.30. The molecule has 0 unspecified atom stereocenters. The first-order valence-electron chi connectivity index (χ1n) is 7.79. The molecule has 0 saturated carbocycles. The van der Waals surface area contributed by atoms with Crippen molar-refractivity contribution in [1.29, 1.82) is 0 Å². The molecule has 23 heavy (non-hydrogen) atoms. The first-order chi connectivity index (χ1) is 11.2. The quantitative estimate of drug-likeness (QED) is 0.760. The Morgan fingerprint density at radius 1 is 1.09 bits per heavy atom. The fraction of sp³-hybridized carbons (Fsp3) is 0.333. The van der Waals surface area contributed by atoms with Gasteiger partial charge in [0.05, 0.1) is 0 Å². The number of ether oxygens (including phenoxy) is 2. The topological polar surface area (TPSA) is 21.7 Å². The maximum atomic E-state index is 14.1. The van der Waals surface area contributed by atoms with E-state index in [9.17, 15) is 4.39 Å². The molecule has 3 nitrogen and oxygen atoms in total. The van der Waals surface area contributed by atoms with E-state index in [4.69, 9.17) is 21.1 Å². The van der Waals surface area contributed by atoms with Crippen LogP contribution in [-0.4, -0.2) is 31.1 Å². The van der Waals surface area contributed by atoms with E-state index in [0.29, 0.717) is 23.1 Å². The molecule has 3 rings (SSSR count). The molecule has 0 aliphatic carbocycles. The summed E-state index contributed by atoms with van der Waals surface area (Å²) in [6.45, 7) is 3.57. The molecule has 1 aliphatic rings. The van der Waals surface area contributed by atoms with Crippen molar-refractivity contribution in [3.8, 4) is 17.2 Å². The van der Waals surface area contributed by atoms with Gasteiger partial charge in [-0.05, 0) is 56.3 Å². The van der Waals surface area contributed by atoms with Crippen LogP contribution in [0.15, 0.2) is 42.5 Å². The van der Waals surface area contributed by atoms with E-state index < -0.39 is 5.82 Å². The van der Waals surface area contributed by atoms with Crippen LogP contribution < -0.4 is 9.47 Å². The molecule has 0 N–H and O–H groups in total. The number of hydrogen-bond acceptors (Lipinski definition) is 3. The normalized spacial score (nSPS) is 14.9. The van der Waals surface area contributed by atoms with E-state index >= 15 is 0 Å². The smallest absolute Gasteiger partial charge is 0.204 e. The van der Waals surface area contributed by atoms with Crippen LogP contribution in [0.3, 0.4) is 0 Å². The zero-order valence-electron chi connectivity index (χ0n) is 12.8. The molecular formula is C18H19ClFNO2. The second-order valence-electron chi connectivity index (χ2n) is 5.52. The molecule has 2 aromatic rings. The van der Waals surface area contributed by atoms with Crippen molar-refractivity contribution >= 4 is 11.6 Å². The van der Waals surface area contributed by atoms with E-state index in [0.717, 1.165) is 19.6 Å². The number of para-hydroxylation sites is 1. The van der Waals surface area contributed by atoms with Gasteiger partial charge in [0.1, 0.15) is 12.4 Å². The van der Waals surface area contributed by atoms with E-state index in [1.54, 1.807) is 36.4 Å². The predicted octanol–water partition coefficient (Wildman–Crippen LogP) is 4.75. The van der Waals surface area contributed by atoms with Crippen LogP contribution in [0.1, 0.15) is 12.8 Å². The summed E-state index contributed by atoms with van der Waals surface area (Å²) < 4.78 is 25.5. The molecule has 1 heterocycles. The fourth-order valence-corrected chi connectivity index (χ4v) is 2.82. The summed E-state index contributed by atoms with van der Waals surface area (Å²) in [6.07, 6.45) is 2.48. The number of benzene rings is 2. The van der Waals surface area contributed by atoms with Crippen molar-refractivity contribution in [2.24, 2.45) is 0 Å². The third-order valence-corrected chi connectivity index (χ3v) is 4.05. The first kappa shape index (κ1) is 16.1. The van der Waals surface area contributed by atoms with Crippen LogP contribution in [0, 0.1) is 5.82 Å². The lowest BCUT2D eigenvalue weighted by atomic mass is 10.3. The Morgan fingerprint density at radius 2 is 1.87 bits per heavy atom. The summed E-state index contributed by atoms with van der Waals surface area (Å²) >= 11 is 5.94. The molecular weight excluding hydrogens is 317 g/mol. The summed E-state index contributed by atoms with van der Waals surface area (Å²) in [4.78, 5) is 2.34. The molecule has 1 aliphatic heterocycles. The highest BCUT2D eigenvalue weighted by Crippen LogP contribution is 2.34. The Kier molecular flexibility index (Phi) is 5.36. The van der Waals surface area contributed by atoms with Crippen LogP contribution >= 0.6 is 11.6 Å². The molecule has 1 fully saturated rings. The van der Waals surface area contributed by atoms with Gasteiger partial charge in [0.2, 0.25) is 5.75 Å². The Hall–Kier alpha value is -1.78. The van der Waals surface area contributed by atoms with Crippen molar-refractivity contribution in [2.75, 3.05) is 26.2 Å². The third kappa shape index (κ3) is 4.36. The number of halogens is 2. The van der Waals surface area contributed by atoms with Crippen molar-refractivity contribution in [2.45, 2.75) is 12.8 Å². The average molecular weight is 336 g/mol. The van der Waals surface area contributed by atoms with E-state index in [1.807, 2.05) is 0 Å². The van der Waals surface area contributed by atoms with E-state index in [-0.39, 0.29) is 5.75 Å². The summed E-state index contributed by atoms with van der Waals surface area (Å²) in [7, 11) is 0. The third-order valence-electron chi connectivity index (χ3n) is 3.81. The minimum atomic E-state index is -0.455. The van der Waals surface area contributed by atoms with Crippen molar-refractivity contribution in [3.05, 3.63) is 53.3 Å². The minimum absolute atomic E-state index is 0.0937. The zero-order valence-corrected chi connectivity index (χ0v) is 13.6. The summed E-state index contributed by atoms with van der Waals surface area (Å²) in [5.41, 5.74) is 0. The molecule has 0 bridgehead atoms. The first-order valence-corrected chi connectivity index (χ1v) is 8.17. The number of likely N-dealkylation sites (tertiary alicyclic amines) is 1. The summed E-state index contributed by atoms with van der Waals surface area (Å²) in [5.74, 6) is 0.524. The van der Waals surface area contributed by atoms with Gasteiger partial charge in [-0.3, -0.25) is 4.90 Å². The van der Waals surface area contributed by atoms with Crippen LogP contribution in [-0.2, 0) is 0 Å². The Balaban J connectivity index is 1.68. The average Bonchev–Trinajstić information content (AvgIpc) is 3.04. The Labute approximate surface area is 140 Å². The highest BCUT2D eigenvalue weighted by atomic mass is 35.5. The molecule has 122 valence electrons. The monoisotopic (exact) mass is 335 g/mol. The molecule has 0 radical (unpaired) electrons. The second-order valence-corrected chi connectivity index (χ2v) is 5.96. The van der Waals surface area contributed by atoms with Crippen LogP contribution in [0.4, 0.5) is 4.39 Å². The van der Waals surface area contributed by atoms with Crippen molar-refractivity contribution in [3.63, 3.8) is 0 Å². The SMILES string of the molecule is Fc1cccc(OCCN2CCCC2)c1Oc1cccc(Cl)c1. The maximum Gasteiger partial charge on any atom is 0.204 e. The van der Waals surface area contributed by atoms with Crippen LogP contribution in [0.2, 0.25) is 5.02 Å². The van der Waals surface area contributed by atoms with Crippen LogP contribution in [0.25, 0.3) is 0 Å². The molecule has 0 amide bonds. The van der Waals surface area contributed by atoms with Crippen molar-refractivity contribution in [1.82, 2.24) is 4.90 Å². The number of rotatable bonds is 6. The second kappa shape index (κ2) is 7.66. The van der Waals surface area contributed by atoms with Gasteiger partial charge in [0, 0.05) is 11.6 Å². The number of nitrogens with zero attached hydrogens (tertiary/aromatic N) is 1. The number of hydrogen-bond donors (Lipinski definition) is 0. The lowest BCUT2D eigenvalue weighted by Crippen LogP contribution is -2.25. The largest absolute Gasteiger partial charge is 0.488 e. The molecule has 1 saturated heterocycles. The van der Waals surface area contributed by atoms with Gasteiger partial charge in [-0.1, -0.05) is 23.7 Å². The van der Waals surface area contributed by atoms with Gasteiger partial charge in [-0.25, -0.2) is 4.39 Å².